The van der Waals surface area contributed by atoms with Crippen molar-refractivity contribution >= 4 is 23.4 Å². The van der Waals surface area contributed by atoms with Gasteiger partial charge in [-0.2, -0.15) is 0 Å². The van der Waals surface area contributed by atoms with E-state index in [1.807, 2.05) is 26.0 Å². The number of aryl methyl sites for hydroxylation is 2. The number of oxazole rings is 1. The van der Waals surface area contributed by atoms with E-state index in [-0.39, 0.29) is 0 Å². The number of benzene rings is 1. The molecule has 1 heterocycles. The number of hydrogen-bond acceptors (Lipinski definition) is 4. The normalized spacial score (nSPS) is 12.7. The van der Waals surface area contributed by atoms with Crippen molar-refractivity contribution in [3.8, 4) is 0 Å². The molecule has 0 spiro atoms. The highest BCUT2D eigenvalue weighted by Crippen LogP contribution is 2.34. The number of aliphatic hydroxyl groups excluding tert-OH is 1. The Morgan fingerprint density at radius 2 is 2.11 bits per heavy atom. The predicted molar refractivity (Wildman–Crippen MR) is 72.2 cm³/mol. The smallest absolute Gasteiger partial charge is 0.261 e. The van der Waals surface area contributed by atoms with Crippen molar-refractivity contribution in [3.05, 3.63) is 40.2 Å². The highest BCUT2D eigenvalue weighted by atomic mass is 35.5. The lowest BCUT2D eigenvalue weighted by Gasteiger charge is -2.07. The van der Waals surface area contributed by atoms with Crippen LogP contribution < -0.4 is 0 Å². The van der Waals surface area contributed by atoms with Crippen LogP contribution >= 0.6 is 23.4 Å². The van der Waals surface area contributed by atoms with Gasteiger partial charge in [0.1, 0.15) is 5.76 Å². The summed E-state index contributed by atoms with van der Waals surface area (Å²) in [6.07, 6.45) is -0.521. The fraction of sp³-hybridized carbons (Fsp3) is 0.308. The summed E-state index contributed by atoms with van der Waals surface area (Å²) in [4.78, 5) is 5.16. The average Bonchev–Trinajstić information content (AvgIpc) is 2.61. The van der Waals surface area contributed by atoms with Crippen molar-refractivity contribution in [1.82, 2.24) is 4.98 Å². The van der Waals surface area contributed by atoms with Gasteiger partial charge in [0.2, 0.25) is 0 Å². The number of nitrogens with zero attached hydrogens (tertiary/aromatic N) is 1. The quantitative estimate of drug-likeness (QED) is 0.919. The van der Waals surface area contributed by atoms with E-state index in [2.05, 4.69) is 4.98 Å². The molecule has 0 saturated carbocycles. The van der Waals surface area contributed by atoms with Gasteiger partial charge in [-0.1, -0.05) is 17.7 Å². The molecule has 5 heteroatoms. The van der Waals surface area contributed by atoms with Crippen molar-refractivity contribution in [2.45, 2.75) is 37.0 Å². The van der Waals surface area contributed by atoms with Crippen LogP contribution in [0.15, 0.2) is 32.7 Å². The predicted octanol–water partition coefficient (Wildman–Crippen LogP) is 4.15. The summed E-state index contributed by atoms with van der Waals surface area (Å²) in [6, 6.07) is 5.47. The molecule has 0 radical (unpaired) electrons. The molecule has 0 bridgehead atoms. The van der Waals surface area contributed by atoms with Gasteiger partial charge in [0.05, 0.1) is 16.8 Å². The zero-order chi connectivity index (χ0) is 13.3. The summed E-state index contributed by atoms with van der Waals surface area (Å²) in [5.41, 5.74) is 1.68. The Kier molecular flexibility index (Phi) is 4.00. The molecule has 3 nitrogen and oxygen atoms in total. The lowest BCUT2D eigenvalue weighted by Crippen LogP contribution is -1.90. The van der Waals surface area contributed by atoms with Gasteiger partial charge in [0, 0.05) is 4.90 Å². The molecule has 0 aliphatic rings. The zero-order valence-electron chi connectivity index (χ0n) is 10.4. The second-order valence-corrected chi connectivity index (χ2v) is 5.49. The van der Waals surface area contributed by atoms with Gasteiger partial charge in [0.25, 0.3) is 5.22 Å². The lowest BCUT2D eigenvalue weighted by molar-refractivity contribution is 0.199. The minimum Gasteiger partial charge on any atom is -0.436 e. The second kappa shape index (κ2) is 5.34. The first kappa shape index (κ1) is 13.5. The Morgan fingerprint density at radius 3 is 2.61 bits per heavy atom. The zero-order valence-corrected chi connectivity index (χ0v) is 12.0. The number of rotatable bonds is 3. The molecule has 2 rings (SSSR count). The third kappa shape index (κ3) is 2.88. The van der Waals surface area contributed by atoms with Crippen LogP contribution in [-0.2, 0) is 0 Å². The standard InChI is InChI=1S/C13H14ClNO2S/c1-7-9(3)17-13(15-7)18-12-5-4-10(8(2)16)6-11(12)14/h4-6,8,16H,1-3H3/t8-/m1/s1. The average molecular weight is 284 g/mol. The number of aliphatic hydroxyl groups is 1. The second-order valence-electron chi connectivity index (χ2n) is 4.09. The van der Waals surface area contributed by atoms with Gasteiger partial charge >= 0.3 is 0 Å². The fourth-order valence-electron chi connectivity index (χ4n) is 1.44. The molecule has 2 aromatic rings. The summed E-state index contributed by atoms with van der Waals surface area (Å²) in [6.45, 7) is 5.49. The van der Waals surface area contributed by atoms with E-state index in [1.54, 1.807) is 13.0 Å². The number of halogens is 1. The van der Waals surface area contributed by atoms with Crippen molar-refractivity contribution in [1.29, 1.82) is 0 Å². The maximum absolute atomic E-state index is 9.47. The molecular formula is C13H14ClNO2S. The third-order valence-corrected chi connectivity index (χ3v) is 3.99. The molecule has 1 aromatic carbocycles. The molecule has 1 aromatic heterocycles. The van der Waals surface area contributed by atoms with Crippen LogP contribution in [0.4, 0.5) is 0 Å². The van der Waals surface area contributed by atoms with E-state index in [0.29, 0.717) is 10.2 Å². The van der Waals surface area contributed by atoms with Gasteiger partial charge < -0.3 is 9.52 Å². The molecule has 0 amide bonds. The Morgan fingerprint density at radius 1 is 1.39 bits per heavy atom. The Balaban J connectivity index is 2.24. The molecule has 0 aliphatic carbocycles. The first-order valence-electron chi connectivity index (χ1n) is 5.56. The van der Waals surface area contributed by atoms with Crippen molar-refractivity contribution in [2.24, 2.45) is 0 Å². The number of aromatic nitrogens is 1. The van der Waals surface area contributed by atoms with E-state index in [4.69, 9.17) is 16.0 Å². The summed E-state index contributed by atoms with van der Waals surface area (Å²) < 4.78 is 5.49. The lowest BCUT2D eigenvalue weighted by atomic mass is 10.1. The van der Waals surface area contributed by atoms with Gasteiger partial charge in [0.15, 0.2) is 0 Å². The summed E-state index contributed by atoms with van der Waals surface area (Å²) in [7, 11) is 0. The highest BCUT2D eigenvalue weighted by molar-refractivity contribution is 7.99. The van der Waals surface area contributed by atoms with Gasteiger partial charge in [-0.05, 0) is 50.2 Å². The maximum Gasteiger partial charge on any atom is 0.261 e. The van der Waals surface area contributed by atoms with Crippen LogP contribution in [0.1, 0.15) is 30.0 Å². The SMILES string of the molecule is Cc1nc(Sc2ccc([C@@H](C)O)cc2Cl)oc1C. The van der Waals surface area contributed by atoms with Gasteiger partial charge in [-0.25, -0.2) is 4.98 Å². The van der Waals surface area contributed by atoms with Crippen LogP contribution in [-0.4, -0.2) is 10.1 Å². The van der Waals surface area contributed by atoms with E-state index >= 15 is 0 Å². The van der Waals surface area contributed by atoms with Crippen molar-refractivity contribution in [2.75, 3.05) is 0 Å². The first-order valence-corrected chi connectivity index (χ1v) is 6.76. The Bertz CT molecular complexity index is 547. The minimum absolute atomic E-state index is 0.521. The summed E-state index contributed by atoms with van der Waals surface area (Å²) in [5.74, 6) is 0.814. The first-order chi connectivity index (χ1) is 8.47. The van der Waals surface area contributed by atoms with E-state index in [1.165, 1.54) is 11.8 Å². The molecule has 18 heavy (non-hydrogen) atoms. The molecule has 0 aliphatic heterocycles. The molecule has 96 valence electrons. The summed E-state index contributed by atoms with van der Waals surface area (Å²) >= 11 is 7.55. The number of hydrogen-bond donors (Lipinski definition) is 1. The molecule has 0 saturated heterocycles. The molecule has 1 atom stereocenters. The van der Waals surface area contributed by atoms with Crippen LogP contribution in [0, 0.1) is 13.8 Å². The molecule has 1 N–H and O–H groups in total. The van der Waals surface area contributed by atoms with Crippen molar-refractivity contribution in [3.63, 3.8) is 0 Å². The largest absolute Gasteiger partial charge is 0.436 e. The monoisotopic (exact) mass is 283 g/mol. The van der Waals surface area contributed by atoms with Crippen LogP contribution in [0.3, 0.4) is 0 Å². The Labute approximate surface area is 115 Å². The van der Waals surface area contributed by atoms with Crippen molar-refractivity contribution < 1.29 is 9.52 Å². The van der Waals surface area contributed by atoms with Crippen LogP contribution in [0.5, 0.6) is 0 Å². The topological polar surface area (TPSA) is 46.3 Å². The Hall–Kier alpha value is -0.970. The molecular weight excluding hydrogens is 270 g/mol. The van der Waals surface area contributed by atoms with Crippen LogP contribution in [0.25, 0.3) is 0 Å². The van der Waals surface area contributed by atoms with Crippen LogP contribution in [0.2, 0.25) is 5.02 Å². The molecule has 0 fully saturated rings. The highest BCUT2D eigenvalue weighted by Gasteiger charge is 2.11. The summed E-state index contributed by atoms with van der Waals surface area (Å²) in [5, 5.41) is 10.6. The van der Waals surface area contributed by atoms with E-state index in [9.17, 15) is 5.11 Å². The third-order valence-electron chi connectivity index (χ3n) is 2.64. The van der Waals surface area contributed by atoms with E-state index < -0.39 is 6.10 Å². The fourth-order valence-corrected chi connectivity index (χ4v) is 2.58. The van der Waals surface area contributed by atoms with Gasteiger partial charge in [-0.15, -0.1) is 0 Å². The minimum atomic E-state index is -0.521. The van der Waals surface area contributed by atoms with E-state index in [0.717, 1.165) is 21.9 Å². The van der Waals surface area contributed by atoms with Gasteiger partial charge in [-0.3, -0.25) is 0 Å². The maximum atomic E-state index is 9.47. The molecule has 0 unspecified atom stereocenters.